The lowest BCUT2D eigenvalue weighted by Crippen LogP contribution is -2.31. The molecule has 0 unspecified atom stereocenters. The van der Waals surface area contributed by atoms with Crippen LogP contribution in [0.5, 0.6) is 5.75 Å². The number of anilines is 1. The smallest absolute Gasteiger partial charge is 0.337 e. The Hall–Kier alpha value is -3.87. The van der Waals surface area contributed by atoms with Crippen molar-refractivity contribution in [3.8, 4) is 5.75 Å². The molecule has 0 amide bonds. The minimum atomic E-state index is -1.01. The van der Waals surface area contributed by atoms with Crippen LogP contribution in [-0.2, 0) is 6.42 Å². The second kappa shape index (κ2) is 7.12. The van der Waals surface area contributed by atoms with Gasteiger partial charge in [0.15, 0.2) is 5.75 Å². The summed E-state index contributed by atoms with van der Waals surface area (Å²) in [5.74, 6) is -0.698. The molecule has 2 N–H and O–H groups in total. The van der Waals surface area contributed by atoms with Gasteiger partial charge in [-0.25, -0.2) is 4.79 Å². The van der Waals surface area contributed by atoms with Gasteiger partial charge in [0, 0.05) is 12.0 Å². The number of para-hydroxylation sites is 1. The summed E-state index contributed by atoms with van der Waals surface area (Å²) in [6.07, 6.45) is 0.801. The van der Waals surface area contributed by atoms with E-state index in [0.29, 0.717) is 5.69 Å². The molecule has 3 aromatic rings. The van der Waals surface area contributed by atoms with Gasteiger partial charge in [0.2, 0.25) is 0 Å². The van der Waals surface area contributed by atoms with Gasteiger partial charge in [-0.2, -0.15) is 0 Å². The van der Waals surface area contributed by atoms with Crippen LogP contribution in [0.25, 0.3) is 0 Å². The Bertz CT molecular complexity index is 1220. The number of hydrogen-bond acceptors (Lipinski definition) is 5. The average molecular weight is 416 g/mol. The standard InChI is InChI=1S/C24H20N2O5/c1-31-20-10-9-14(12-19(20)26(29)30)22-18-11-13-5-2-3-6-15(13)21(18)16-7-4-8-17(24(27)28)23(16)25-22/h2-10,12,18,21-22,25H,11H2,1H3,(H,27,28)/t18-,21+,22+/m1/s1. The molecule has 7 heteroatoms. The van der Waals surface area contributed by atoms with E-state index in [0.717, 1.165) is 17.5 Å². The van der Waals surface area contributed by atoms with Crippen molar-refractivity contribution in [2.24, 2.45) is 5.92 Å². The number of carboxylic acid groups (broad SMARTS) is 1. The maximum absolute atomic E-state index is 11.9. The van der Waals surface area contributed by atoms with Crippen molar-refractivity contribution < 1.29 is 19.6 Å². The van der Waals surface area contributed by atoms with Crippen LogP contribution in [0, 0.1) is 16.0 Å². The Labute approximate surface area is 178 Å². The van der Waals surface area contributed by atoms with E-state index in [9.17, 15) is 20.0 Å². The van der Waals surface area contributed by atoms with Crippen LogP contribution < -0.4 is 10.1 Å². The van der Waals surface area contributed by atoms with Gasteiger partial charge in [0.05, 0.1) is 29.3 Å². The number of carboxylic acids is 1. The molecule has 0 bridgehead atoms. The van der Waals surface area contributed by atoms with Crippen LogP contribution in [0.15, 0.2) is 60.7 Å². The van der Waals surface area contributed by atoms with Crippen LogP contribution in [0.1, 0.15) is 44.6 Å². The molecule has 0 saturated heterocycles. The molecule has 3 atom stereocenters. The van der Waals surface area contributed by atoms with E-state index in [1.807, 2.05) is 24.3 Å². The summed E-state index contributed by atoms with van der Waals surface area (Å²) in [5, 5.41) is 24.8. The molecular weight excluding hydrogens is 396 g/mol. The number of nitro groups is 1. The van der Waals surface area contributed by atoms with Crippen molar-refractivity contribution in [3.05, 3.63) is 98.6 Å². The maximum atomic E-state index is 11.9. The van der Waals surface area contributed by atoms with Gasteiger partial charge in [-0.15, -0.1) is 0 Å². The first kappa shape index (κ1) is 19.1. The lowest BCUT2D eigenvalue weighted by molar-refractivity contribution is -0.385. The zero-order chi connectivity index (χ0) is 21.7. The highest BCUT2D eigenvalue weighted by atomic mass is 16.6. The van der Waals surface area contributed by atoms with Gasteiger partial charge in [-0.05, 0) is 46.7 Å². The van der Waals surface area contributed by atoms with Gasteiger partial charge in [0.1, 0.15) is 0 Å². The molecule has 0 saturated carbocycles. The summed E-state index contributed by atoms with van der Waals surface area (Å²) in [6.45, 7) is 0. The number of methoxy groups -OCH3 is 1. The molecule has 5 rings (SSSR count). The van der Waals surface area contributed by atoms with E-state index < -0.39 is 10.9 Å². The molecule has 31 heavy (non-hydrogen) atoms. The maximum Gasteiger partial charge on any atom is 0.337 e. The summed E-state index contributed by atoms with van der Waals surface area (Å²) < 4.78 is 5.15. The zero-order valence-corrected chi connectivity index (χ0v) is 16.7. The largest absolute Gasteiger partial charge is 0.490 e. The fourth-order valence-corrected chi connectivity index (χ4v) is 5.14. The molecule has 1 heterocycles. The number of rotatable bonds is 4. The number of carbonyl (C=O) groups is 1. The van der Waals surface area contributed by atoms with E-state index in [4.69, 9.17) is 4.74 Å². The lowest BCUT2D eigenvalue weighted by atomic mass is 9.75. The summed E-state index contributed by atoms with van der Waals surface area (Å²) in [7, 11) is 1.40. The second-order valence-corrected chi connectivity index (χ2v) is 7.93. The number of ether oxygens (including phenoxy) is 1. The number of aromatic carboxylic acids is 1. The number of nitro benzene ring substituents is 1. The molecule has 3 aromatic carbocycles. The number of hydrogen-bond donors (Lipinski definition) is 2. The fourth-order valence-electron chi connectivity index (χ4n) is 5.14. The second-order valence-electron chi connectivity index (χ2n) is 7.93. The first-order chi connectivity index (χ1) is 15.0. The number of fused-ring (bicyclic) bond motifs is 5. The van der Waals surface area contributed by atoms with Crippen molar-refractivity contribution in [1.82, 2.24) is 0 Å². The molecule has 0 fully saturated rings. The Morgan fingerprint density at radius 1 is 1.13 bits per heavy atom. The van der Waals surface area contributed by atoms with Crippen LogP contribution >= 0.6 is 0 Å². The van der Waals surface area contributed by atoms with Crippen molar-refractivity contribution in [3.63, 3.8) is 0 Å². The molecule has 1 aliphatic carbocycles. The topological polar surface area (TPSA) is 102 Å². The van der Waals surface area contributed by atoms with Crippen molar-refractivity contribution in [1.29, 1.82) is 0 Å². The Morgan fingerprint density at radius 3 is 2.65 bits per heavy atom. The van der Waals surface area contributed by atoms with E-state index in [-0.39, 0.29) is 34.9 Å². The number of benzene rings is 3. The Kier molecular flexibility index (Phi) is 4.39. The number of nitrogens with zero attached hydrogens (tertiary/aromatic N) is 1. The molecule has 7 nitrogen and oxygen atoms in total. The van der Waals surface area contributed by atoms with E-state index in [1.54, 1.807) is 18.2 Å². The first-order valence-electron chi connectivity index (χ1n) is 10.0. The Morgan fingerprint density at radius 2 is 1.90 bits per heavy atom. The molecule has 0 spiro atoms. The fraction of sp³-hybridized carbons (Fsp3) is 0.208. The highest BCUT2D eigenvalue weighted by Crippen LogP contribution is 2.54. The van der Waals surface area contributed by atoms with Gasteiger partial charge in [-0.3, -0.25) is 10.1 Å². The SMILES string of the molecule is COc1ccc([C@@H]2Nc3c(C(=O)O)cccc3[C@@H]3c4ccccc4C[C@H]32)cc1[N+](=O)[O-]. The van der Waals surface area contributed by atoms with Crippen LogP contribution in [0.3, 0.4) is 0 Å². The van der Waals surface area contributed by atoms with Gasteiger partial charge in [0.25, 0.3) is 0 Å². The van der Waals surface area contributed by atoms with Crippen LogP contribution in [0.4, 0.5) is 11.4 Å². The summed E-state index contributed by atoms with van der Waals surface area (Å²) in [6, 6.07) is 18.2. The van der Waals surface area contributed by atoms with Gasteiger partial charge < -0.3 is 15.2 Å². The molecule has 2 aliphatic rings. The first-order valence-corrected chi connectivity index (χ1v) is 10.0. The quantitative estimate of drug-likeness (QED) is 0.469. The highest BCUT2D eigenvalue weighted by Gasteiger charge is 2.44. The van der Waals surface area contributed by atoms with Crippen molar-refractivity contribution in [2.75, 3.05) is 12.4 Å². The summed E-state index contributed by atoms with van der Waals surface area (Å²) >= 11 is 0. The van der Waals surface area contributed by atoms with E-state index in [2.05, 4.69) is 17.4 Å². The summed E-state index contributed by atoms with van der Waals surface area (Å²) in [5.41, 5.74) is 4.78. The molecule has 1 aliphatic heterocycles. The zero-order valence-electron chi connectivity index (χ0n) is 16.7. The Balaban J connectivity index is 1.70. The third-order valence-corrected chi connectivity index (χ3v) is 6.42. The highest BCUT2D eigenvalue weighted by molar-refractivity contribution is 5.96. The summed E-state index contributed by atoms with van der Waals surface area (Å²) in [4.78, 5) is 23.1. The number of nitrogens with one attached hydrogen (secondary N) is 1. The minimum absolute atomic E-state index is 0.0120. The average Bonchev–Trinajstić information content (AvgIpc) is 3.17. The van der Waals surface area contributed by atoms with Crippen molar-refractivity contribution >= 4 is 17.3 Å². The van der Waals surface area contributed by atoms with E-state index in [1.165, 1.54) is 24.3 Å². The van der Waals surface area contributed by atoms with Gasteiger partial charge in [-0.1, -0.05) is 42.5 Å². The lowest BCUT2D eigenvalue weighted by Gasteiger charge is -2.38. The monoisotopic (exact) mass is 416 g/mol. The van der Waals surface area contributed by atoms with Crippen LogP contribution in [-0.4, -0.2) is 23.1 Å². The van der Waals surface area contributed by atoms with E-state index >= 15 is 0 Å². The predicted molar refractivity (Wildman–Crippen MR) is 115 cm³/mol. The third kappa shape index (κ3) is 2.92. The normalized spacial score (nSPS) is 20.7. The minimum Gasteiger partial charge on any atom is -0.490 e. The predicted octanol–water partition coefficient (Wildman–Crippen LogP) is 4.77. The van der Waals surface area contributed by atoms with Crippen molar-refractivity contribution in [2.45, 2.75) is 18.4 Å². The molecular formula is C24H20N2O5. The molecule has 0 aromatic heterocycles. The third-order valence-electron chi connectivity index (χ3n) is 6.42. The molecule has 156 valence electrons. The van der Waals surface area contributed by atoms with Crippen LogP contribution in [0.2, 0.25) is 0 Å². The van der Waals surface area contributed by atoms with Gasteiger partial charge >= 0.3 is 11.7 Å². The molecule has 0 radical (unpaired) electrons.